The van der Waals surface area contributed by atoms with Gasteiger partial charge in [-0.25, -0.2) is 0 Å². The lowest BCUT2D eigenvalue weighted by molar-refractivity contribution is 0.343. The van der Waals surface area contributed by atoms with Crippen molar-refractivity contribution in [2.24, 2.45) is 0 Å². The SMILES string of the molecule is COc1cccc(C=C=CCO)c1. The minimum Gasteiger partial charge on any atom is -0.497 e. The molecule has 0 saturated heterocycles. The Balaban J connectivity index is 2.83. The number of methoxy groups -OCH3 is 1. The zero-order chi connectivity index (χ0) is 9.52. The van der Waals surface area contributed by atoms with Crippen molar-refractivity contribution < 1.29 is 9.84 Å². The van der Waals surface area contributed by atoms with Crippen LogP contribution in [-0.4, -0.2) is 18.8 Å². The van der Waals surface area contributed by atoms with Crippen molar-refractivity contribution in [1.82, 2.24) is 0 Å². The van der Waals surface area contributed by atoms with E-state index in [0.717, 1.165) is 11.3 Å². The molecule has 0 atom stereocenters. The van der Waals surface area contributed by atoms with Crippen LogP contribution in [0, 0.1) is 0 Å². The van der Waals surface area contributed by atoms with Gasteiger partial charge in [0.2, 0.25) is 0 Å². The number of aliphatic hydroxyl groups is 1. The Labute approximate surface area is 77.8 Å². The molecule has 0 bridgehead atoms. The van der Waals surface area contributed by atoms with E-state index in [4.69, 9.17) is 9.84 Å². The molecule has 1 N–H and O–H groups in total. The van der Waals surface area contributed by atoms with E-state index in [1.165, 1.54) is 0 Å². The summed E-state index contributed by atoms with van der Waals surface area (Å²) in [6, 6.07) is 7.64. The second kappa shape index (κ2) is 5.20. The van der Waals surface area contributed by atoms with Crippen molar-refractivity contribution >= 4 is 6.08 Å². The van der Waals surface area contributed by atoms with Gasteiger partial charge in [0.15, 0.2) is 0 Å². The van der Waals surface area contributed by atoms with Gasteiger partial charge in [0.25, 0.3) is 0 Å². The topological polar surface area (TPSA) is 29.5 Å². The lowest BCUT2D eigenvalue weighted by Crippen LogP contribution is -1.81. The Morgan fingerprint density at radius 3 is 3.08 bits per heavy atom. The summed E-state index contributed by atoms with van der Waals surface area (Å²) in [7, 11) is 1.63. The first-order valence-corrected chi connectivity index (χ1v) is 4.02. The van der Waals surface area contributed by atoms with E-state index < -0.39 is 0 Å². The minimum atomic E-state index is 0.0144. The van der Waals surface area contributed by atoms with Gasteiger partial charge >= 0.3 is 0 Å². The average molecular weight is 176 g/mol. The Bertz CT molecular complexity index is 323. The molecule has 0 amide bonds. The molecule has 1 rings (SSSR count). The molecule has 0 aliphatic heterocycles. The Hall–Kier alpha value is -1.50. The predicted octanol–water partition coefficient (Wildman–Crippen LogP) is 1.86. The zero-order valence-electron chi connectivity index (χ0n) is 7.53. The van der Waals surface area contributed by atoms with Gasteiger partial charge in [0.05, 0.1) is 13.7 Å². The summed E-state index contributed by atoms with van der Waals surface area (Å²) < 4.78 is 5.05. The van der Waals surface area contributed by atoms with Crippen LogP contribution >= 0.6 is 0 Å². The molecule has 2 heteroatoms. The summed E-state index contributed by atoms with van der Waals surface area (Å²) in [6.07, 6.45) is 3.35. The van der Waals surface area contributed by atoms with Crippen LogP contribution in [0.4, 0.5) is 0 Å². The smallest absolute Gasteiger partial charge is 0.119 e. The molecule has 2 nitrogen and oxygen atoms in total. The van der Waals surface area contributed by atoms with Gasteiger partial charge in [-0.15, -0.1) is 5.73 Å². The standard InChI is InChI=1S/C11H12O2/c1-13-11-7-4-6-10(9-11)5-2-3-8-12/h3-7,9,12H,8H2,1H3. The number of hydrogen-bond acceptors (Lipinski definition) is 2. The summed E-state index contributed by atoms with van der Waals surface area (Å²) in [4.78, 5) is 0. The number of hydrogen-bond donors (Lipinski definition) is 1. The second-order valence-corrected chi connectivity index (χ2v) is 2.47. The molecule has 68 valence electrons. The van der Waals surface area contributed by atoms with Crippen molar-refractivity contribution in [3.63, 3.8) is 0 Å². The third-order valence-corrected chi connectivity index (χ3v) is 1.55. The predicted molar refractivity (Wildman–Crippen MR) is 52.6 cm³/mol. The van der Waals surface area contributed by atoms with Gasteiger partial charge in [-0.1, -0.05) is 12.1 Å². The maximum Gasteiger partial charge on any atom is 0.119 e. The van der Waals surface area contributed by atoms with E-state index in [1.54, 1.807) is 19.3 Å². The van der Waals surface area contributed by atoms with Crippen LogP contribution in [0.5, 0.6) is 5.75 Å². The van der Waals surface area contributed by atoms with Crippen LogP contribution in [0.15, 0.2) is 36.1 Å². The lowest BCUT2D eigenvalue weighted by Gasteiger charge is -1.98. The third-order valence-electron chi connectivity index (χ3n) is 1.55. The first-order chi connectivity index (χ1) is 6.36. The molecule has 0 aliphatic carbocycles. The highest BCUT2D eigenvalue weighted by atomic mass is 16.5. The average Bonchev–Trinajstić information content (AvgIpc) is 2.19. The zero-order valence-corrected chi connectivity index (χ0v) is 7.53. The maximum absolute atomic E-state index is 8.48. The van der Waals surface area contributed by atoms with Crippen molar-refractivity contribution in [2.75, 3.05) is 13.7 Å². The van der Waals surface area contributed by atoms with Crippen LogP contribution in [0.2, 0.25) is 0 Å². The van der Waals surface area contributed by atoms with Crippen molar-refractivity contribution in [3.05, 3.63) is 41.6 Å². The Kier molecular flexibility index (Phi) is 3.83. The van der Waals surface area contributed by atoms with E-state index in [-0.39, 0.29) is 6.61 Å². The fraction of sp³-hybridized carbons (Fsp3) is 0.182. The maximum atomic E-state index is 8.48. The molecule has 0 unspecified atom stereocenters. The molecular formula is C11H12O2. The van der Waals surface area contributed by atoms with Crippen LogP contribution in [0.25, 0.3) is 6.08 Å². The molecule has 13 heavy (non-hydrogen) atoms. The highest BCUT2D eigenvalue weighted by molar-refractivity contribution is 5.51. The molecule has 0 fully saturated rings. The molecule has 1 aromatic rings. The molecule has 0 radical (unpaired) electrons. The van der Waals surface area contributed by atoms with Crippen molar-refractivity contribution in [2.45, 2.75) is 0 Å². The number of ether oxygens (including phenoxy) is 1. The summed E-state index contributed by atoms with van der Waals surface area (Å²) in [5.74, 6) is 0.819. The summed E-state index contributed by atoms with van der Waals surface area (Å²) in [5, 5.41) is 8.48. The monoisotopic (exact) mass is 176 g/mol. The highest BCUT2D eigenvalue weighted by Crippen LogP contribution is 2.12. The lowest BCUT2D eigenvalue weighted by atomic mass is 10.2. The number of rotatable bonds is 3. The van der Waals surface area contributed by atoms with Crippen LogP contribution in [0.1, 0.15) is 5.56 Å². The largest absolute Gasteiger partial charge is 0.497 e. The fourth-order valence-corrected chi connectivity index (χ4v) is 0.939. The molecular weight excluding hydrogens is 164 g/mol. The van der Waals surface area contributed by atoms with Crippen LogP contribution < -0.4 is 4.74 Å². The van der Waals surface area contributed by atoms with Gasteiger partial charge in [-0.2, -0.15) is 0 Å². The first kappa shape index (κ1) is 9.59. The molecule has 0 saturated carbocycles. The summed E-state index contributed by atoms with van der Waals surface area (Å²) >= 11 is 0. The van der Waals surface area contributed by atoms with Gasteiger partial charge in [-0.05, 0) is 29.8 Å². The van der Waals surface area contributed by atoms with Gasteiger partial charge in [0, 0.05) is 0 Å². The number of benzene rings is 1. The Morgan fingerprint density at radius 2 is 2.38 bits per heavy atom. The highest BCUT2D eigenvalue weighted by Gasteiger charge is 1.89. The van der Waals surface area contributed by atoms with E-state index >= 15 is 0 Å². The van der Waals surface area contributed by atoms with E-state index in [1.807, 2.05) is 24.3 Å². The minimum absolute atomic E-state index is 0.0144. The van der Waals surface area contributed by atoms with Gasteiger partial charge in [-0.3, -0.25) is 0 Å². The van der Waals surface area contributed by atoms with E-state index in [2.05, 4.69) is 5.73 Å². The Morgan fingerprint density at radius 1 is 1.54 bits per heavy atom. The summed E-state index contributed by atoms with van der Waals surface area (Å²) in [6.45, 7) is 0.0144. The molecule has 1 aromatic carbocycles. The first-order valence-electron chi connectivity index (χ1n) is 4.02. The van der Waals surface area contributed by atoms with Gasteiger partial charge < -0.3 is 9.84 Å². The van der Waals surface area contributed by atoms with Gasteiger partial charge in [0.1, 0.15) is 5.75 Å². The molecule has 0 aliphatic rings. The normalized spacial score (nSPS) is 8.77. The van der Waals surface area contributed by atoms with E-state index in [9.17, 15) is 0 Å². The number of aliphatic hydroxyl groups excluding tert-OH is 1. The third kappa shape index (κ3) is 3.16. The second-order valence-electron chi connectivity index (χ2n) is 2.47. The fourth-order valence-electron chi connectivity index (χ4n) is 0.939. The van der Waals surface area contributed by atoms with Crippen molar-refractivity contribution in [1.29, 1.82) is 0 Å². The van der Waals surface area contributed by atoms with Crippen LogP contribution in [0.3, 0.4) is 0 Å². The van der Waals surface area contributed by atoms with Crippen LogP contribution in [-0.2, 0) is 0 Å². The van der Waals surface area contributed by atoms with Crippen molar-refractivity contribution in [3.8, 4) is 5.75 Å². The molecule has 0 aromatic heterocycles. The molecule has 0 heterocycles. The summed E-state index contributed by atoms with van der Waals surface area (Å²) in [5.41, 5.74) is 3.85. The van der Waals surface area contributed by atoms with E-state index in [0.29, 0.717) is 0 Å². The molecule has 0 spiro atoms. The quantitative estimate of drug-likeness (QED) is 0.712.